The summed E-state index contributed by atoms with van der Waals surface area (Å²) in [5.74, 6) is -0.234. The van der Waals surface area contributed by atoms with Gasteiger partial charge in [-0.25, -0.2) is 4.79 Å². The predicted molar refractivity (Wildman–Crippen MR) is 83.7 cm³/mol. The van der Waals surface area contributed by atoms with E-state index >= 15 is 0 Å². The Balaban J connectivity index is 2.20. The van der Waals surface area contributed by atoms with Crippen molar-refractivity contribution in [2.75, 3.05) is 19.0 Å². The van der Waals surface area contributed by atoms with E-state index in [2.05, 4.69) is 12.2 Å². The van der Waals surface area contributed by atoms with Gasteiger partial charge in [-0.15, -0.1) is 0 Å². The lowest BCUT2D eigenvalue weighted by Gasteiger charge is -2.39. The predicted octanol–water partition coefficient (Wildman–Crippen LogP) is 3.64. The van der Waals surface area contributed by atoms with Crippen molar-refractivity contribution in [3.05, 3.63) is 29.3 Å². The quantitative estimate of drug-likeness (QED) is 0.843. The van der Waals surface area contributed by atoms with E-state index < -0.39 is 5.54 Å². The lowest BCUT2D eigenvalue weighted by atomic mass is 9.85. The summed E-state index contributed by atoms with van der Waals surface area (Å²) in [5, 5.41) is 4.02. The van der Waals surface area contributed by atoms with Gasteiger partial charge in [0, 0.05) is 30.2 Å². The van der Waals surface area contributed by atoms with Crippen LogP contribution in [0.3, 0.4) is 0 Å². The third kappa shape index (κ3) is 3.89. The summed E-state index contributed by atoms with van der Waals surface area (Å²) in [6.07, 6.45) is 3.28. The fourth-order valence-corrected chi connectivity index (χ4v) is 2.94. The lowest BCUT2D eigenvalue weighted by Crippen LogP contribution is -2.53. The Morgan fingerprint density at radius 3 is 2.81 bits per heavy atom. The van der Waals surface area contributed by atoms with Crippen molar-refractivity contribution in [1.82, 2.24) is 0 Å². The van der Waals surface area contributed by atoms with Gasteiger partial charge in [-0.3, -0.25) is 0 Å². The van der Waals surface area contributed by atoms with E-state index in [0.29, 0.717) is 24.5 Å². The number of anilines is 1. The molecule has 1 N–H and O–H groups in total. The molecule has 0 saturated carbocycles. The number of hydrogen-bond acceptors (Lipinski definition) is 4. The number of rotatable bonds is 5. The van der Waals surface area contributed by atoms with Crippen LogP contribution < -0.4 is 5.32 Å². The summed E-state index contributed by atoms with van der Waals surface area (Å²) in [4.78, 5) is 12.3. The molecule has 1 aliphatic rings. The van der Waals surface area contributed by atoms with E-state index in [-0.39, 0.29) is 12.1 Å². The number of nitrogens with one attached hydrogen (secondary N) is 1. The van der Waals surface area contributed by atoms with Crippen LogP contribution in [0.15, 0.2) is 24.3 Å². The first-order valence-corrected chi connectivity index (χ1v) is 7.71. The molecule has 0 radical (unpaired) electrons. The van der Waals surface area contributed by atoms with Gasteiger partial charge in [0.25, 0.3) is 0 Å². The molecule has 116 valence electrons. The van der Waals surface area contributed by atoms with Gasteiger partial charge in [-0.1, -0.05) is 24.9 Å². The smallest absolute Gasteiger partial charge is 0.331 e. The Morgan fingerprint density at radius 1 is 1.48 bits per heavy atom. The molecule has 0 aliphatic carbocycles. The molecule has 2 rings (SSSR count). The van der Waals surface area contributed by atoms with Crippen LogP contribution >= 0.6 is 11.6 Å². The Morgan fingerprint density at radius 2 is 2.19 bits per heavy atom. The number of halogens is 1. The molecular formula is C16H22ClNO3. The summed E-state index contributed by atoms with van der Waals surface area (Å²) >= 11 is 5.90. The van der Waals surface area contributed by atoms with Crippen molar-refractivity contribution < 1.29 is 14.3 Å². The zero-order valence-corrected chi connectivity index (χ0v) is 13.3. The number of carbonyl (C=O) groups excluding carboxylic acids is 1. The molecule has 1 aliphatic heterocycles. The molecule has 1 saturated heterocycles. The maximum Gasteiger partial charge on any atom is 0.331 e. The average Bonchev–Trinajstić information content (AvgIpc) is 2.49. The molecule has 0 spiro atoms. The fourth-order valence-electron chi connectivity index (χ4n) is 2.81. The third-order valence-corrected chi connectivity index (χ3v) is 4.13. The highest BCUT2D eigenvalue weighted by Crippen LogP contribution is 2.32. The maximum atomic E-state index is 12.3. The van der Waals surface area contributed by atoms with Crippen molar-refractivity contribution in [2.45, 2.75) is 44.2 Å². The molecule has 0 bridgehead atoms. The van der Waals surface area contributed by atoms with Crippen molar-refractivity contribution in [3.63, 3.8) is 0 Å². The number of esters is 1. The minimum Gasteiger partial charge on any atom is -0.467 e. The molecule has 5 heteroatoms. The van der Waals surface area contributed by atoms with Gasteiger partial charge in [-0.2, -0.15) is 0 Å². The summed E-state index contributed by atoms with van der Waals surface area (Å²) < 4.78 is 10.8. The highest BCUT2D eigenvalue weighted by molar-refractivity contribution is 6.30. The van der Waals surface area contributed by atoms with Gasteiger partial charge in [0.1, 0.15) is 5.54 Å². The molecule has 1 fully saturated rings. The maximum absolute atomic E-state index is 12.3. The van der Waals surface area contributed by atoms with Crippen LogP contribution in [0.5, 0.6) is 0 Å². The molecule has 1 aromatic rings. The Hall–Kier alpha value is -1.26. The first-order chi connectivity index (χ1) is 10.1. The van der Waals surface area contributed by atoms with Gasteiger partial charge >= 0.3 is 5.97 Å². The van der Waals surface area contributed by atoms with Crippen LogP contribution in [0.2, 0.25) is 5.02 Å². The van der Waals surface area contributed by atoms with Crippen LogP contribution in [0.1, 0.15) is 32.6 Å². The zero-order chi connectivity index (χ0) is 15.3. The first-order valence-electron chi connectivity index (χ1n) is 7.33. The van der Waals surface area contributed by atoms with Gasteiger partial charge in [0.05, 0.1) is 13.2 Å². The van der Waals surface area contributed by atoms with Crippen molar-refractivity contribution >= 4 is 23.3 Å². The second-order valence-electron chi connectivity index (χ2n) is 5.44. The summed E-state index contributed by atoms with van der Waals surface area (Å²) in [6, 6.07) is 7.35. The second-order valence-corrected chi connectivity index (χ2v) is 5.88. The minimum absolute atomic E-state index is 0.0858. The largest absolute Gasteiger partial charge is 0.467 e. The summed E-state index contributed by atoms with van der Waals surface area (Å²) in [5.41, 5.74) is 0.141. The molecule has 0 aromatic heterocycles. The van der Waals surface area contributed by atoms with Gasteiger partial charge < -0.3 is 14.8 Å². The molecular weight excluding hydrogens is 290 g/mol. The number of methoxy groups -OCH3 is 1. The SMILES string of the molecule is CCCC1CC(Nc2ccc(Cl)cc2)(C(=O)OC)CCO1. The number of hydrogen-bond donors (Lipinski definition) is 1. The first kappa shape index (κ1) is 16.1. The highest BCUT2D eigenvalue weighted by Gasteiger charge is 2.44. The standard InChI is InChI=1S/C16H22ClNO3/c1-3-4-14-11-16(9-10-21-14,15(19)20-2)18-13-7-5-12(17)6-8-13/h5-8,14,18H,3-4,9-11H2,1-2H3. The van der Waals surface area contributed by atoms with Crippen molar-refractivity contribution in [1.29, 1.82) is 0 Å². The molecule has 1 aromatic carbocycles. The summed E-state index contributed by atoms with van der Waals surface area (Å²) in [6.45, 7) is 2.67. The Labute approximate surface area is 130 Å². The van der Waals surface area contributed by atoms with E-state index in [1.165, 1.54) is 7.11 Å². The minimum atomic E-state index is -0.722. The van der Waals surface area contributed by atoms with Crippen LogP contribution in [-0.2, 0) is 14.3 Å². The number of ether oxygens (including phenoxy) is 2. The average molecular weight is 312 g/mol. The number of benzene rings is 1. The van der Waals surface area contributed by atoms with Gasteiger partial charge in [0.15, 0.2) is 0 Å². The Kier molecular flexibility index (Phi) is 5.48. The van der Waals surface area contributed by atoms with Crippen LogP contribution in [0.25, 0.3) is 0 Å². The third-order valence-electron chi connectivity index (χ3n) is 3.87. The van der Waals surface area contributed by atoms with Crippen molar-refractivity contribution in [3.8, 4) is 0 Å². The number of carbonyl (C=O) groups is 1. The zero-order valence-electron chi connectivity index (χ0n) is 12.5. The van der Waals surface area contributed by atoms with E-state index in [0.717, 1.165) is 18.5 Å². The molecule has 21 heavy (non-hydrogen) atoms. The van der Waals surface area contributed by atoms with E-state index in [1.807, 2.05) is 12.1 Å². The van der Waals surface area contributed by atoms with E-state index in [9.17, 15) is 4.79 Å². The van der Waals surface area contributed by atoms with Crippen LogP contribution in [0, 0.1) is 0 Å². The van der Waals surface area contributed by atoms with Crippen LogP contribution in [-0.4, -0.2) is 31.3 Å². The van der Waals surface area contributed by atoms with E-state index in [4.69, 9.17) is 21.1 Å². The Bertz CT molecular complexity index is 475. The lowest BCUT2D eigenvalue weighted by molar-refractivity contribution is -0.151. The van der Waals surface area contributed by atoms with Crippen molar-refractivity contribution in [2.24, 2.45) is 0 Å². The molecule has 0 amide bonds. The van der Waals surface area contributed by atoms with Gasteiger partial charge in [0.2, 0.25) is 0 Å². The molecule has 2 atom stereocenters. The summed E-state index contributed by atoms with van der Waals surface area (Å²) in [7, 11) is 1.43. The topological polar surface area (TPSA) is 47.6 Å². The second kappa shape index (κ2) is 7.14. The molecule has 4 nitrogen and oxygen atoms in total. The highest BCUT2D eigenvalue weighted by atomic mass is 35.5. The normalized spacial score (nSPS) is 25.4. The van der Waals surface area contributed by atoms with Gasteiger partial charge in [-0.05, 0) is 30.7 Å². The monoisotopic (exact) mass is 311 g/mol. The van der Waals surface area contributed by atoms with Crippen LogP contribution in [0.4, 0.5) is 5.69 Å². The molecule has 1 heterocycles. The fraction of sp³-hybridized carbons (Fsp3) is 0.562. The van der Waals surface area contributed by atoms with E-state index in [1.54, 1.807) is 12.1 Å². The molecule has 2 unspecified atom stereocenters.